The molecule has 0 aromatic carbocycles. The molecule has 3 nitrogen and oxygen atoms in total. The van der Waals surface area contributed by atoms with Gasteiger partial charge in [0.25, 0.3) is 0 Å². The van der Waals surface area contributed by atoms with Crippen molar-refractivity contribution in [3.63, 3.8) is 0 Å². The van der Waals surface area contributed by atoms with E-state index in [2.05, 4.69) is 16.2 Å². The number of aryl methyl sites for hydroxylation is 1. The Balaban J connectivity index is 2.86. The predicted octanol–water partition coefficient (Wildman–Crippen LogP) is 1.02. The summed E-state index contributed by atoms with van der Waals surface area (Å²) in [5.74, 6) is 3.12. The van der Waals surface area contributed by atoms with E-state index in [1.54, 1.807) is 6.20 Å². The lowest BCUT2D eigenvalue weighted by Crippen LogP contribution is -2.05. The fourth-order valence-electron chi connectivity index (χ4n) is 0.845. The Morgan fingerprint density at radius 1 is 1.75 bits per heavy atom. The van der Waals surface area contributed by atoms with Crippen molar-refractivity contribution in [3.05, 3.63) is 17.8 Å². The molecular formula is C9H11N3. The number of nitrogens with one attached hydrogen (secondary N) is 1. The monoisotopic (exact) mass is 161 g/mol. The van der Waals surface area contributed by atoms with E-state index in [1.807, 2.05) is 13.0 Å². The molecule has 1 heterocycles. The number of aromatic nitrogens is 1. The van der Waals surface area contributed by atoms with E-state index in [-0.39, 0.29) is 0 Å². The fraction of sp³-hybridized carbons (Fsp3) is 0.222. The van der Waals surface area contributed by atoms with Crippen molar-refractivity contribution in [2.45, 2.75) is 6.92 Å². The van der Waals surface area contributed by atoms with Gasteiger partial charge in [-0.3, -0.25) is 0 Å². The van der Waals surface area contributed by atoms with Crippen LogP contribution in [0.4, 0.5) is 11.5 Å². The summed E-state index contributed by atoms with van der Waals surface area (Å²) in [7, 11) is 0. The van der Waals surface area contributed by atoms with Gasteiger partial charge in [-0.15, -0.1) is 6.42 Å². The van der Waals surface area contributed by atoms with Crippen LogP contribution in [0.15, 0.2) is 12.3 Å². The van der Waals surface area contributed by atoms with Gasteiger partial charge in [0, 0.05) is 6.20 Å². The number of anilines is 2. The number of hydrogen-bond donors (Lipinski definition) is 2. The smallest absolute Gasteiger partial charge is 0.150 e. The molecule has 0 fully saturated rings. The summed E-state index contributed by atoms with van der Waals surface area (Å²) >= 11 is 0. The molecule has 12 heavy (non-hydrogen) atoms. The summed E-state index contributed by atoms with van der Waals surface area (Å²) in [5, 5.41) is 2.93. The van der Waals surface area contributed by atoms with Gasteiger partial charge in [-0.2, -0.15) is 0 Å². The number of pyridine rings is 1. The van der Waals surface area contributed by atoms with Crippen LogP contribution < -0.4 is 11.1 Å². The van der Waals surface area contributed by atoms with Crippen LogP contribution >= 0.6 is 0 Å². The quantitative estimate of drug-likeness (QED) is 0.637. The van der Waals surface area contributed by atoms with E-state index >= 15 is 0 Å². The highest BCUT2D eigenvalue weighted by Crippen LogP contribution is 2.17. The summed E-state index contributed by atoms with van der Waals surface area (Å²) in [6.07, 6.45) is 6.78. The second-order valence-electron chi connectivity index (χ2n) is 2.45. The van der Waals surface area contributed by atoms with Crippen LogP contribution in [-0.4, -0.2) is 11.5 Å². The van der Waals surface area contributed by atoms with E-state index in [0.717, 1.165) is 5.56 Å². The molecule has 0 saturated carbocycles. The molecule has 0 amide bonds. The Hall–Kier alpha value is -1.69. The van der Waals surface area contributed by atoms with Crippen molar-refractivity contribution in [1.29, 1.82) is 0 Å². The second kappa shape index (κ2) is 3.63. The van der Waals surface area contributed by atoms with E-state index in [9.17, 15) is 0 Å². The second-order valence-corrected chi connectivity index (χ2v) is 2.45. The fourth-order valence-corrected chi connectivity index (χ4v) is 0.845. The molecule has 0 atom stereocenters. The molecule has 0 aliphatic heterocycles. The van der Waals surface area contributed by atoms with Gasteiger partial charge in [0.2, 0.25) is 0 Å². The van der Waals surface area contributed by atoms with Crippen LogP contribution in [0.1, 0.15) is 5.56 Å². The van der Waals surface area contributed by atoms with Crippen LogP contribution in [0.5, 0.6) is 0 Å². The molecule has 3 N–H and O–H groups in total. The minimum atomic E-state index is 0.445. The third kappa shape index (κ3) is 1.67. The molecule has 0 aliphatic rings. The van der Waals surface area contributed by atoms with Gasteiger partial charge in [-0.25, -0.2) is 4.98 Å². The molecule has 0 radical (unpaired) electrons. The molecule has 0 unspecified atom stereocenters. The Kier molecular flexibility index (Phi) is 2.54. The lowest BCUT2D eigenvalue weighted by atomic mass is 10.2. The highest BCUT2D eigenvalue weighted by molar-refractivity contribution is 5.65. The number of nitrogens with zero attached hydrogens (tertiary/aromatic N) is 1. The molecule has 62 valence electrons. The van der Waals surface area contributed by atoms with Gasteiger partial charge in [-0.1, -0.05) is 5.92 Å². The molecule has 3 heteroatoms. The summed E-state index contributed by atoms with van der Waals surface area (Å²) in [6.45, 7) is 2.37. The standard InChI is InChI=1S/C9H11N3/c1-3-5-11-9-8(10)7(2)4-6-12-9/h1,4,6H,5,10H2,2H3,(H,11,12). The number of rotatable bonds is 2. The maximum Gasteiger partial charge on any atom is 0.150 e. The topological polar surface area (TPSA) is 50.9 Å². The van der Waals surface area contributed by atoms with Crippen LogP contribution in [0.2, 0.25) is 0 Å². The van der Waals surface area contributed by atoms with Gasteiger partial charge in [-0.05, 0) is 18.6 Å². The average Bonchev–Trinajstić information content (AvgIpc) is 2.08. The third-order valence-electron chi connectivity index (χ3n) is 1.57. The van der Waals surface area contributed by atoms with Gasteiger partial charge in [0.1, 0.15) is 5.82 Å². The van der Waals surface area contributed by atoms with Crippen molar-refractivity contribution in [3.8, 4) is 12.3 Å². The molecule has 0 aliphatic carbocycles. The first-order valence-corrected chi connectivity index (χ1v) is 3.64. The number of hydrogen-bond acceptors (Lipinski definition) is 3. The minimum absolute atomic E-state index is 0.445. The molecule has 1 aromatic heterocycles. The first kappa shape index (κ1) is 8.41. The van der Waals surface area contributed by atoms with Crippen molar-refractivity contribution < 1.29 is 0 Å². The summed E-state index contributed by atoms with van der Waals surface area (Å²) < 4.78 is 0. The molecule has 0 spiro atoms. The summed E-state index contributed by atoms with van der Waals surface area (Å²) in [6, 6.07) is 1.86. The van der Waals surface area contributed by atoms with Gasteiger partial charge < -0.3 is 11.1 Å². The molecule has 1 aromatic rings. The van der Waals surface area contributed by atoms with Crippen LogP contribution in [-0.2, 0) is 0 Å². The molecular weight excluding hydrogens is 150 g/mol. The highest BCUT2D eigenvalue weighted by atomic mass is 15.0. The number of nitrogens with two attached hydrogens (primary N) is 1. The van der Waals surface area contributed by atoms with Crippen molar-refractivity contribution in [2.75, 3.05) is 17.6 Å². The first-order valence-electron chi connectivity index (χ1n) is 3.64. The van der Waals surface area contributed by atoms with Crippen molar-refractivity contribution in [2.24, 2.45) is 0 Å². The number of terminal acetylenes is 1. The SMILES string of the molecule is C#CCNc1nccc(C)c1N. The Morgan fingerprint density at radius 3 is 3.17 bits per heavy atom. The first-order chi connectivity index (χ1) is 5.75. The summed E-state index contributed by atoms with van der Waals surface area (Å²) in [4.78, 5) is 4.04. The normalized spacial score (nSPS) is 9.00. The van der Waals surface area contributed by atoms with Gasteiger partial charge in [0.15, 0.2) is 0 Å². The molecule has 0 bridgehead atoms. The third-order valence-corrected chi connectivity index (χ3v) is 1.57. The lowest BCUT2D eigenvalue weighted by molar-refractivity contribution is 1.23. The highest BCUT2D eigenvalue weighted by Gasteiger charge is 2.00. The van der Waals surface area contributed by atoms with E-state index in [1.165, 1.54) is 0 Å². The van der Waals surface area contributed by atoms with Crippen molar-refractivity contribution >= 4 is 11.5 Å². The maximum absolute atomic E-state index is 5.73. The van der Waals surface area contributed by atoms with Crippen LogP contribution in [0.3, 0.4) is 0 Å². The Labute approximate surface area is 72.0 Å². The Bertz CT molecular complexity index is 312. The number of nitrogen functional groups attached to an aromatic ring is 1. The average molecular weight is 161 g/mol. The zero-order valence-electron chi connectivity index (χ0n) is 6.96. The zero-order chi connectivity index (χ0) is 8.97. The van der Waals surface area contributed by atoms with E-state index in [0.29, 0.717) is 18.1 Å². The van der Waals surface area contributed by atoms with E-state index < -0.39 is 0 Å². The largest absolute Gasteiger partial charge is 0.396 e. The van der Waals surface area contributed by atoms with E-state index in [4.69, 9.17) is 12.2 Å². The van der Waals surface area contributed by atoms with Gasteiger partial charge in [0.05, 0.1) is 12.2 Å². The maximum atomic E-state index is 5.73. The predicted molar refractivity (Wildman–Crippen MR) is 50.7 cm³/mol. The molecule has 1 rings (SSSR count). The molecule has 0 saturated heterocycles. The lowest BCUT2D eigenvalue weighted by Gasteiger charge is -2.06. The van der Waals surface area contributed by atoms with Gasteiger partial charge >= 0.3 is 0 Å². The van der Waals surface area contributed by atoms with Crippen LogP contribution in [0, 0.1) is 19.3 Å². The van der Waals surface area contributed by atoms with Crippen molar-refractivity contribution in [1.82, 2.24) is 4.98 Å². The Morgan fingerprint density at radius 2 is 2.50 bits per heavy atom. The summed E-state index contributed by atoms with van der Waals surface area (Å²) in [5.41, 5.74) is 7.39. The minimum Gasteiger partial charge on any atom is -0.396 e. The zero-order valence-corrected chi connectivity index (χ0v) is 6.96. The van der Waals surface area contributed by atoms with Crippen LogP contribution in [0.25, 0.3) is 0 Å².